The van der Waals surface area contributed by atoms with Gasteiger partial charge in [0.05, 0.1) is 17.7 Å². The number of aromatic nitrogens is 3. The Morgan fingerprint density at radius 1 is 1.20 bits per heavy atom. The van der Waals surface area contributed by atoms with E-state index in [1.165, 1.54) is 4.88 Å². The lowest BCUT2D eigenvalue weighted by Crippen LogP contribution is -2.09. The Morgan fingerprint density at radius 3 is 2.55 bits per heavy atom. The molecular formula is C14H21N5S. The molecule has 20 heavy (non-hydrogen) atoms. The predicted molar refractivity (Wildman–Crippen MR) is 84.5 cm³/mol. The lowest BCUT2D eigenvalue weighted by Gasteiger charge is -2.13. The highest BCUT2D eigenvalue weighted by Crippen LogP contribution is 2.22. The van der Waals surface area contributed by atoms with Crippen molar-refractivity contribution in [3.63, 3.8) is 0 Å². The van der Waals surface area contributed by atoms with Crippen molar-refractivity contribution in [3.8, 4) is 0 Å². The summed E-state index contributed by atoms with van der Waals surface area (Å²) in [5.74, 6) is 2.68. The fraction of sp³-hybridized carbons (Fsp3) is 0.500. The molecule has 0 saturated carbocycles. The molecule has 0 aromatic carbocycles. The maximum atomic E-state index is 4.62. The summed E-state index contributed by atoms with van der Waals surface area (Å²) in [6.07, 6.45) is 1.93. The quantitative estimate of drug-likeness (QED) is 0.856. The van der Waals surface area contributed by atoms with Crippen LogP contribution in [0.3, 0.4) is 0 Å². The number of anilines is 2. The molecule has 0 radical (unpaired) electrons. The molecule has 0 atom stereocenters. The van der Waals surface area contributed by atoms with Crippen LogP contribution in [0.25, 0.3) is 0 Å². The van der Waals surface area contributed by atoms with Crippen molar-refractivity contribution in [2.75, 3.05) is 17.7 Å². The predicted octanol–water partition coefficient (Wildman–Crippen LogP) is 3.16. The third kappa shape index (κ3) is 3.25. The molecule has 0 aliphatic rings. The maximum absolute atomic E-state index is 4.62. The van der Waals surface area contributed by atoms with Crippen LogP contribution in [0.5, 0.6) is 0 Å². The van der Waals surface area contributed by atoms with E-state index in [0.717, 1.165) is 48.1 Å². The van der Waals surface area contributed by atoms with Gasteiger partial charge in [-0.1, -0.05) is 6.92 Å². The van der Waals surface area contributed by atoms with Crippen LogP contribution in [0.15, 0.2) is 5.51 Å². The van der Waals surface area contributed by atoms with Gasteiger partial charge < -0.3 is 10.6 Å². The van der Waals surface area contributed by atoms with Crippen LogP contribution in [0.2, 0.25) is 0 Å². The Labute approximate surface area is 123 Å². The zero-order valence-corrected chi connectivity index (χ0v) is 13.3. The highest BCUT2D eigenvalue weighted by Gasteiger charge is 2.10. The minimum absolute atomic E-state index is 0.753. The molecule has 2 rings (SSSR count). The van der Waals surface area contributed by atoms with E-state index in [0.29, 0.717) is 0 Å². The standard InChI is InChI=1S/C14H21N5S/c1-5-6-12-18-13(15-4)9(2)14(19-12)16-7-11-10(3)17-8-20-11/h8H,5-7H2,1-4H3,(H2,15,16,18,19). The summed E-state index contributed by atoms with van der Waals surface area (Å²) in [4.78, 5) is 14.7. The van der Waals surface area contributed by atoms with Gasteiger partial charge in [0.2, 0.25) is 0 Å². The van der Waals surface area contributed by atoms with Crippen molar-refractivity contribution in [2.24, 2.45) is 0 Å². The molecule has 2 aromatic heterocycles. The molecule has 6 heteroatoms. The first-order chi connectivity index (χ1) is 9.65. The molecule has 2 aromatic rings. The van der Waals surface area contributed by atoms with E-state index in [1.807, 2.05) is 26.4 Å². The molecule has 0 fully saturated rings. The molecule has 0 bridgehead atoms. The van der Waals surface area contributed by atoms with Gasteiger partial charge in [-0.25, -0.2) is 15.0 Å². The minimum atomic E-state index is 0.753. The zero-order valence-electron chi connectivity index (χ0n) is 12.4. The maximum Gasteiger partial charge on any atom is 0.135 e. The van der Waals surface area contributed by atoms with Crippen molar-refractivity contribution in [1.29, 1.82) is 0 Å². The molecule has 0 aliphatic heterocycles. The van der Waals surface area contributed by atoms with Gasteiger partial charge in [0.1, 0.15) is 17.5 Å². The van der Waals surface area contributed by atoms with Crippen LogP contribution in [0, 0.1) is 13.8 Å². The zero-order chi connectivity index (χ0) is 14.5. The first-order valence-electron chi connectivity index (χ1n) is 6.83. The normalized spacial score (nSPS) is 10.6. The Hall–Kier alpha value is -1.69. The lowest BCUT2D eigenvalue weighted by molar-refractivity contribution is 0.831. The van der Waals surface area contributed by atoms with Gasteiger partial charge in [0.15, 0.2) is 0 Å². The van der Waals surface area contributed by atoms with Crippen molar-refractivity contribution in [3.05, 3.63) is 27.5 Å². The topological polar surface area (TPSA) is 62.7 Å². The lowest BCUT2D eigenvalue weighted by atomic mass is 10.2. The third-order valence-corrected chi connectivity index (χ3v) is 4.10. The van der Waals surface area contributed by atoms with Gasteiger partial charge in [0.25, 0.3) is 0 Å². The summed E-state index contributed by atoms with van der Waals surface area (Å²) < 4.78 is 0. The van der Waals surface area contributed by atoms with E-state index in [2.05, 4.69) is 32.5 Å². The van der Waals surface area contributed by atoms with Crippen molar-refractivity contribution in [1.82, 2.24) is 15.0 Å². The van der Waals surface area contributed by atoms with E-state index in [1.54, 1.807) is 11.3 Å². The Morgan fingerprint density at radius 2 is 1.95 bits per heavy atom. The average Bonchev–Trinajstić information content (AvgIpc) is 2.84. The molecule has 2 N–H and O–H groups in total. The number of aryl methyl sites for hydroxylation is 2. The van der Waals surface area contributed by atoms with Crippen LogP contribution < -0.4 is 10.6 Å². The summed E-state index contributed by atoms with van der Waals surface area (Å²) in [6, 6.07) is 0. The molecule has 0 aliphatic carbocycles. The van der Waals surface area contributed by atoms with E-state index in [9.17, 15) is 0 Å². The fourth-order valence-electron chi connectivity index (χ4n) is 1.97. The molecule has 0 unspecified atom stereocenters. The van der Waals surface area contributed by atoms with Crippen LogP contribution in [-0.4, -0.2) is 22.0 Å². The van der Waals surface area contributed by atoms with Gasteiger partial charge in [-0.15, -0.1) is 11.3 Å². The molecule has 0 amide bonds. The van der Waals surface area contributed by atoms with Gasteiger partial charge in [-0.05, 0) is 20.3 Å². The Kier molecular flexibility index (Phi) is 4.89. The number of hydrogen-bond donors (Lipinski definition) is 2. The largest absolute Gasteiger partial charge is 0.373 e. The van der Waals surface area contributed by atoms with Crippen molar-refractivity contribution in [2.45, 2.75) is 40.2 Å². The van der Waals surface area contributed by atoms with Crippen LogP contribution in [0.1, 0.15) is 35.3 Å². The number of hydrogen-bond acceptors (Lipinski definition) is 6. The van der Waals surface area contributed by atoms with Crippen molar-refractivity contribution >= 4 is 23.0 Å². The number of rotatable bonds is 6. The van der Waals surface area contributed by atoms with Crippen LogP contribution >= 0.6 is 11.3 Å². The van der Waals surface area contributed by atoms with Gasteiger partial charge in [-0.3, -0.25) is 0 Å². The van der Waals surface area contributed by atoms with E-state index in [-0.39, 0.29) is 0 Å². The first kappa shape index (κ1) is 14.7. The van der Waals surface area contributed by atoms with E-state index >= 15 is 0 Å². The SMILES string of the molecule is CCCc1nc(NC)c(C)c(NCc2scnc2C)n1. The van der Waals surface area contributed by atoms with Gasteiger partial charge in [-0.2, -0.15) is 0 Å². The first-order valence-corrected chi connectivity index (χ1v) is 7.71. The molecule has 108 valence electrons. The summed E-state index contributed by atoms with van der Waals surface area (Å²) in [5.41, 5.74) is 4.01. The Bertz CT molecular complexity index is 579. The number of nitrogens with one attached hydrogen (secondary N) is 2. The number of thiazole rings is 1. The van der Waals surface area contributed by atoms with Crippen molar-refractivity contribution < 1.29 is 0 Å². The van der Waals surface area contributed by atoms with Crippen LogP contribution in [0.4, 0.5) is 11.6 Å². The number of nitrogens with zero attached hydrogens (tertiary/aromatic N) is 3. The second kappa shape index (κ2) is 6.65. The smallest absolute Gasteiger partial charge is 0.135 e. The van der Waals surface area contributed by atoms with E-state index < -0.39 is 0 Å². The van der Waals surface area contributed by atoms with E-state index in [4.69, 9.17) is 0 Å². The molecule has 0 saturated heterocycles. The third-order valence-electron chi connectivity index (χ3n) is 3.16. The molecular weight excluding hydrogens is 270 g/mol. The minimum Gasteiger partial charge on any atom is -0.373 e. The van der Waals surface area contributed by atoms with Gasteiger partial charge >= 0.3 is 0 Å². The summed E-state index contributed by atoms with van der Waals surface area (Å²) >= 11 is 1.67. The summed E-state index contributed by atoms with van der Waals surface area (Å²) in [6.45, 7) is 6.95. The summed E-state index contributed by atoms with van der Waals surface area (Å²) in [7, 11) is 1.89. The highest BCUT2D eigenvalue weighted by atomic mass is 32.1. The second-order valence-electron chi connectivity index (χ2n) is 4.68. The monoisotopic (exact) mass is 291 g/mol. The highest BCUT2D eigenvalue weighted by molar-refractivity contribution is 7.09. The molecule has 0 spiro atoms. The van der Waals surface area contributed by atoms with Gasteiger partial charge in [0, 0.05) is 23.9 Å². The van der Waals surface area contributed by atoms with Crippen LogP contribution in [-0.2, 0) is 13.0 Å². The average molecular weight is 291 g/mol. The molecule has 2 heterocycles. The molecule has 5 nitrogen and oxygen atoms in total. The Balaban J connectivity index is 2.21. The fourth-order valence-corrected chi connectivity index (χ4v) is 2.69. The summed E-state index contributed by atoms with van der Waals surface area (Å²) in [5, 5.41) is 6.55. The second-order valence-corrected chi connectivity index (χ2v) is 5.62.